The maximum absolute atomic E-state index is 11.9. The van der Waals surface area contributed by atoms with Crippen molar-refractivity contribution in [2.45, 2.75) is 77.8 Å². The van der Waals surface area contributed by atoms with Crippen molar-refractivity contribution in [3.63, 3.8) is 0 Å². The average molecular weight is 321 g/mol. The molecular formula is C18H32BNO3. The number of hydrogen-bond acceptors (Lipinski definition) is 4. The van der Waals surface area contributed by atoms with E-state index in [0.717, 1.165) is 18.8 Å². The predicted octanol–water partition coefficient (Wildman–Crippen LogP) is 3.05. The van der Waals surface area contributed by atoms with Gasteiger partial charge in [0.25, 0.3) is 0 Å². The Kier molecular flexibility index (Phi) is 4.44. The van der Waals surface area contributed by atoms with Crippen LogP contribution >= 0.6 is 0 Å². The predicted molar refractivity (Wildman–Crippen MR) is 92.0 cm³/mol. The van der Waals surface area contributed by atoms with Crippen molar-refractivity contribution in [3.8, 4) is 0 Å². The van der Waals surface area contributed by atoms with Crippen LogP contribution in [-0.4, -0.2) is 31.2 Å². The van der Waals surface area contributed by atoms with Gasteiger partial charge in [-0.05, 0) is 49.4 Å². The summed E-state index contributed by atoms with van der Waals surface area (Å²) in [6.45, 7) is 11.4. The van der Waals surface area contributed by atoms with Crippen LogP contribution in [0.5, 0.6) is 0 Å². The van der Waals surface area contributed by atoms with E-state index in [1.165, 1.54) is 6.42 Å². The lowest BCUT2D eigenvalue weighted by molar-refractivity contribution is -0.199. The molecule has 0 amide bonds. The smallest absolute Gasteiger partial charge is 0.405 e. The highest BCUT2D eigenvalue weighted by molar-refractivity contribution is 6.47. The summed E-state index contributed by atoms with van der Waals surface area (Å²) in [4.78, 5) is 11.9. The summed E-state index contributed by atoms with van der Waals surface area (Å²) in [5.41, 5.74) is 5.69. The van der Waals surface area contributed by atoms with Gasteiger partial charge in [-0.15, -0.1) is 0 Å². The Morgan fingerprint density at radius 2 is 2.00 bits per heavy atom. The van der Waals surface area contributed by atoms with Gasteiger partial charge in [0.2, 0.25) is 0 Å². The Balaban J connectivity index is 1.75. The number of Topliss-reactive ketones (excluding diaryl/α,β-unsaturated/α-hetero) is 1. The van der Waals surface area contributed by atoms with Gasteiger partial charge in [0.05, 0.1) is 18.2 Å². The molecule has 0 spiro atoms. The summed E-state index contributed by atoms with van der Waals surface area (Å²) in [6.07, 6.45) is 3.95. The third-order valence-corrected chi connectivity index (χ3v) is 6.85. The molecule has 0 aromatic carbocycles. The van der Waals surface area contributed by atoms with Crippen molar-refractivity contribution in [1.82, 2.24) is 0 Å². The fraction of sp³-hybridized carbons (Fsp3) is 0.944. The minimum atomic E-state index is -0.252. The van der Waals surface area contributed by atoms with E-state index in [0.29, 0.717) is 23.7 Å². The molecule has 2 bridgehead atoms. The van der Waals surface area contributed by atoms with Crippen LogP contribution in [0.25, 0.3) is 0 Å². The van der Waals surface area contributed by atoms with Gasteiger partial charge in [0.1, 0.15) is 5.78 Å². The van der Waals surface area contributed by atoms with Gasteiger partial charge in [-0.3, -0.25) is 4.79 Å². The second-order valence-electron chi connectivity index (χ2n) is 9.17. The molecule has 0 unspecified atom stereocenters. The summed E-state index contributed by atoms with van der Waals surface area (Å²) in [5.74, 6) is 2.05. The summed E-state index contributed by atoms with van der Waals surface area (Å²) < 4.78 is 12.9. The van der Waals surface area contributed by atoms with E-state index in [4.69, 9.17) is 15.0 Å². The van der Waals surface area contributed by atoms with Gasteiger partial charge in [-0.2, -0.15) is 0 Å². The van der Waals surface area contributed by atoms with E-state index in [1.54, 1.807) is 0 Å². The van der Waals surface area contributed by atoms with Crippen LogP contribution < -0.4 is 5.73 Å². The van der Waals surface area contributed by atoms with E-state index in [-0.39, 0.29) is 37.0 Å². The lowest BCUT2D eigenvalue weighted by Gasteiger charge is -2.64. The third kappa shape index (κ3) is 2.79. The fourth-order valence-electron chi connectivity index (χ4n) is 5.37. The number of carbonyl (C=O) groups is 1. The lowest BCUT2D eigenvalue weighted by Crippen LogP contribution is -2.65. The summed E-state index contributed by atoms with van der Waals surface area (Å²) in [7, 11) is -0.252. The zero-order chi connectivity index (χ0) is 17.0. The van der Waals surface area contributed by atoms with Crippen molar-refractivity contribution in [2.75, 3.05) is 6.54 Å². The first-order valence-corrected chi connectivity index (χ1v) is 9.23. The normalized spacial score (nSPS) is 39.1. The van der Waals surface area contributed by atoms with Gasteiger partial charge < -0.3 is 15.0 Å². The van der Waals surface area contributed by atoms with Gasteiger partial charge >= 0.3 is 7.12 Å². The first-order valence-electron chi connectivity index (χ1n) is 9.23. The van der Waals surface area contributed by atoms with E-state index in [1.807, 2.05) is 0 Å². The van der Waals surface area contributed by atoms with Crippen LogP contribution in [0.1, 0.15) is 60.3 Å². The minimum Gasteiger partial charge on any atom is -0.405 e. The zero-order valence-electron chi connectivity index (χ0n) is 15.3. The molecule has 23 heavy (non-hydrogen) atoms. The molecule has 0 aromatic rings. The second-order valence-corrected chi connectivity index (χ2v) is 9.17. The molecule has 1 heterocycles. The van der Waals surface area contributed by atoms with Crippen molar-refractivity contribution >= 4 is 12.9 Å². The first-order chi connectivity index (χ1) is 10.7. The monoisotopic (exact) mass is 321 g/mol. The number of ketones is 1. The fourth-order valence-corrected chi connectivity index (χ4v) is 5.37. The first kappa shape index (κ1) is 17.4. The zero-order valence-corrected chi connectivity index (χ0v) is 15.3. The molecule has 130 valence electrons. The van der Waals surface area contributed by atoms with E-state index < -0.39 is 0 Å². The maximum atomic E-state index is 11.9. The van der Waals surface area contributed by atoms with Crippen molar-refractivity contribution in [3.05, 3.63) is 0 Å². The highest BCUT2D eigenvalue weighted by Crippen LogP contribution is 2.66. The molecule has 0 aromatic heterocycles. The summed E-state index contributed by atoms with van der Waals surface area (Å²) >= 11 is 0. The van der Waals surface area contributed by atoms with Gasteiger partial charge in [0.15, 0.2) is 0 Å². The van der Waals surface area contributed by atoms with E-state index in [2.05, 4.69) is 34.6 Å². The maximum Gasteiger partial charge on any atom is 0.461 e. The average Bonchev–Trinajstić information content (AvgIpc) is 2.82. The topological polar surface area (TPSA) is 61.6 Å². The molecule has 4 aliphatic rings. The molecule has 0 radical (unpaired) electrons. The van der Waals surface area contributed by atoms with Gasteiger partial charge in [-0.1, -0.05) is 27.7 Å². The molecule has 3 aliphatic carbocycles. The highest BCUT2D eigenvalue weighted by Gasteiger charge is 2.68. The number of carbonyl (C=O) groups excluding carboxylic acids is 1. The summed E-state index contributed by atoms with van der Waals surface area (Å²) in [6, 6.07) is 0. The Bertz CT molecular complexity index is 481. The second kappa shape index (κ2) is 5.85. The van der Waals surface area contributed by atoms with Crippen molar-refractivity contribution < 1.29 is 14.1 Å². The SMILES string of the molecule is CC(C)C[C@H](CC(=O)CN)B1O[C@@H]2C[C@@H]3C[C@@H](C3(C)C)[C@]2(C)O1. The molecule has 5 atom stereocenters. The van der Waals surface area contributed by atoms with Crippen LogP contribution in [0.4, 0.5) is 0 Å². The Morgan fingerprint density at radius 1 is 1.30 bits per heavy atom. The molecule has 1 saturated heterocycles. The third-order valence-electron chi connectivity index (χ3n) is 6.85. The summed E-state index contributed by atoms with van der Waals surface area (Å²) in [5, 5.41) is 0. The standard InChI is InChI=1S/C18H32BNO3/c1-11(2)6-13(9-14(21)10-20)19-22-16-8-12-7-15(17(12,3)4)18(16,5)23-19/h11-13,15-16H,6-10,20H2,1-5H3/t12-,13+,15-,16+,18-/m0/s1. The van der Waals surface area contributed by atoms with E-state index in [9.17, 15) is 4.79 Å². The van der Waals surface area contributed by atoms with E-state index >= 15 is 0 Å². The van der Waals surface area contributed by atoms with Crippen LogP contribution in [0, 0.1) is 23.2 Å². The lowest BCUT2D eigenvalue weighted by atomic mass is 9.43. The number of nitrogens with two attached hydrogens (primary N) is 1. The Morgan fingerprint density at radius 3 is 2.57 bits per heavy atom. The molecule has 4 fully saturated rings. The molecule has 2 N–H and O–H groups in total. The quantitative estimate of drug-likeness (QED) is 0.764. The van der Waals surface area contributed by atoms with Crippen LogP contribution in [0.3, 0.4) is 0 Å². The van der Waals surface area contributed by atoms with Crippen LogP contribution in [-0.2, 0) is 14.1 Å². The largest absolute Gasteiger partial charge is 0.461 e. The molecule has 3 saturated carbocycles. The number of rotatable bonds is 6. The van der Waals surface area contributed by atoms with Crippen LogP contribution in [0.15, 0.2) is 0 Å². The minimum absolute atomic E-state index is 0.104. The molecule has 5 heteroatoms. The number of hydrogen-bond donors (Lipinski definition) is 1. The molecule has 1 aliphatic heterocycles. The highest BCUT2D eigenvalue weighted by atomic mass is 16.7. The van der Waals surface area contributed by atoms with Crippen molar-refractivity contribution in [1.29, 1.82) is 0 Å². The molecular weight excluding hydrogens is 289 g/mol. The Hall–Kier alpha value is -0.385. The Labute approximate surface area is 141 Å². The van der Waals surface area contributed by atoms with Gasteiger partial charge in [0, 0.05) is 12.2 Å². The van der Waals surface area contributed by atoms with Crippen LogP contribution in [0.2, 0.25) is 5.82 Å². The van der Waals surface area contributed by atoms with Gasteiger partial charge in [-0.25, -0.2) is 0 Å². The molecule has 4 rings (SSSR count). The molecule has 4 nitrogen and oxygen atoms in total. The van der Waals surface area contributed by atoms with Crippen molar-refractivity contribution in [2.24, 2.45) is 28.9 Å².